The second kappa shape index (κ2) is 9.01. The number of amides is 1. The first-order valence-corrected chi connectivity index (χ1v) is 9.12. The maximum absolute atomic E-state index is 12.5. The summed E-state index contributed by atoms with van der Waals surface area (Å²) < 4.78 is 31.7. The molecular formula is C18H19F3N6O3. The molecule has 2 aromatic rings. The number of anilines is 1. The lowest BCUT2D eigenvalue weighted by molar-refractivity contribution is -0.192. The summed E-state index contributed by atoms with van der Waals surface area (Å²) in [6.07, 6.45) is 5.89. The number of likely N-dealkylation sites (tertiary alicyclic amines) is 1. The number of rotatable bonds is 2. The Labute approximate surface area is 169 Å². The van der Waals surface area contributed by atoms with Crippen LogP contribution in [0.5, 0.6) is 0 Å². The minimum absolute atomic E-state index is 0.0152. The lowest BCUT2D eigenvalue weighted by Gasteiger charge is -2.34. The van der Waals surface area contributed by atoms with Crippen LogP contribution in [0.15, 0.2) is 37.2 Å². The predicted octanol–water partition coefficient (Wildman–Crippen LogP) is 1.50. The molecule has 0 spiro atoms. The van der Waals surface area contributed by atoms with E-state index >= 15 is 0 Å². The van der Waals surface area contributed by atoms with Crippen LogP contribution in [-0.4, -0.2) is 74.2 Å². The SMILES string of the molecule is O=C(O)C(F)(F)F.O=C(c1cnccn1)N1C[C@@H]2CCN(c3cnccn3)C[C@@H]2C1. The Bertz CT molecular complexity index is 868. The monoisotopic (exact) mass is 424 g/mol. The van der Waals surface area contributed by atoms with Crippen LogP contribution >= 0.6 is 0 Å². The first-order chi connectivity index (χ1) is 14.3. The van der Waals surface area contributed by atoms with Crippen molar-refractivity contribution in [2.24, 2.45) is 11.8 Å². The van der Waals surface area contributed by atoms with Crippen LogP contribution in [0, 0.1) is 11.8 Å². The van der Waals surface area contributed by atoms with Gasteiger partial charge in [-0.25, -0.2) is 14.8 Å². The summed E-state index contributed by atoms with van der Waals surface area (Å²) in [5.41, 5.74) is 0.428. The van der Waals surface area contributed by atoms with Crippen molar-refractivity contribution in [3.63, 3.8) is 0 Å². The summed E-state index contributed by atoms with van der Waals surface area (Å²) in [5.74, 6) is -0.814. The zero-order valence-electron chi connectivity index (χ0n) is 15.7. The van der Waals surface area contributed by atoms with Gasteiger partial charge < -0.3 is 14.9 Å². The van der Waals surface area contributed by atoms with Crippen LogP contribution in [0.3, 0.4) is 0 Å². The number of alkyl halides is 3. The zero-order chi connectivity index (χ0) is 21.7. The van der Waals surface area contributed by atoms with Gasteiger partial charge in [0, 0.05) is 51.0 Å². The van der Waals surface area contributed by atoms with E-state index in [1.54, 1.807) is 31.0 Å². The molecule has 4 rings (SSSR count). The summed E-state index contributed by atoms with van der Waals surface area (Å²) in [7, 11) is 0. The normalized spacial score (nSPS) is 20.8. The Morgan fingerprint density at radius 2 is 1.60 bits per heavy atom. The largest absolute Gasteiger partial charge is 0.490 e. The second-order valence-corrected chi connectivity index (χ2v) is 6.92. The molecular weight excluding hydrogens is 405 g/mol. The highest BCUT2D eigenvalue weighted by molar-refractivity contribution is 5.92. The number of halogens is 3. The van der Waals surface area contributed by atoms with Gasteiger partial charge in [0.2, 0.25) is 0 Å². The third kappa shape index (κ3) is 5.19. The Morgan fingerprint density at radius 1 is 0.967 bits per heavy atom. The number of nitrogens with zero attached hydrogens (tertiary/aromatic N) is 6. The van der Waals surface area contributed by atoms with E-state index in [9.17, 15) is 18.0 Å². The van der Waals surface area contributed by atoms with Crippen LogP contribution in [-0.2, 0) is 4.79 Å². The van der Waals surface area contributed by atoms with Gasteiger partial charge in [-0.2, -0.15) is 13.2 Å². The number of piperidine rings is 1. The van der Waals surface area contributed by atoms with Gasteiger partial charge in [-0.05, 0) is 18.3 Å². The number of hydrogen-bond acceptors (Lipinski definition) is 7. The number of carboxylic acids is 1. The number of fused-ring (bicyclic) bond motifs is 1. The molecule has 160 valence electrons. The standard InChI is InChI=1S/C16H18N6O.C2HF3O2/c23-16(14-7-17-2-4-19-14)22-9-12-1-6-21(10-13(12)11-22)15-8-18-3-5-20-15;3-2(4,5)1(6)7/h2-5,7-8,12-13H,1,6,9-11H2;(H,6,7)/t12-,13+;/m0./s1. The highest BCUT2D eigenvalue weighted by atomic mass is 19.4. The molecule has 0 saturated carbocycles. The second-order valence-electron chi connectivity index (χ2n) is 6.92. The van der Waals surface area contributed by atoms with Gasteiger partial charge in [-0.3, -0.25) is 14.8 Å². The summed E-state index contributed by atoms with van der Waals surface area (Å²) in [4.78, 5) is 42.2. The van der Waals surface area contributed by atoms with E-state index in [2.05, 4.69) is 24.8 Å². The lowest BCUT2D eigenvalue weighted by atomic mass is 9.89. The topological polar surface area (TPSA) is 112 Å². The van der Waals surface area contributed by atoms with Gasteiger partial charge in [-0.15, -0.1) is 0 Å². The smallest absolute Gasteiger partial charge is 0.475 e. The van der Waals surface area contributed by atoms with Gasteiger partial charge in [0.05, 0.1) is 12.4 Å². The molecule has 0 bridgehead atoms. The van der Waals surface area contributed by atoms with Crippen molar-refractivity contribution < 1.29 is 27.9 Å². The van der Waals surface area contributed by atoms with E-state index in [-0.39, 0.29) is 5.91 Å². The highest BCUT2D eigenvalue weighted by Crippen LogP contribution is 2.33. The number of aromatic nitrogens is 4. The number of carbonyl (C=O) groups is 2. The van der Waals surface area contributed by atoms with Crippen molar-refractivity contribution >= 4 is 17.7 Å². The molecule has 12 heteroatoms. The minimum atomic E-state index is -5.08. The average molecular weight is 424 g/mol. The molecule has 1 amide bonds. The molecule has 2 fully saturated rings. The Hall–Kier alpha value is -3.31. The molecule has 1 N–H and O–H groups in total. The molecule has 2 atom stereocenters. The molecule has 2 aliphatic rings. The molecule has 0 aromatic carbocycles. The van der Waals surface area contributed by atoms with Gasteiger partial charge >= 0.3 is 12.1 Å². The predicted molar refractivity (Wildman–Crippen MR) is 97.5 cm³/mol. The van der Waals surface area contributed by atoms with Gasteiger partial charge in [0.1, 0.15) is 11.5 Å². The minimum Gasteiger partial charge on any atom is -0.475 e. The fraction of sp³-hybridized carbons (Fsp3) is 0.444. The van der Waals surface area contributed by atoms with Crippen molar-refractivity contribution in [3.05, 3.63) is 42.9 Å². The van der Waals surface area contributed by atoms with Crippen LogP contribution in [0.1, 0.15) is 16.9 Å². The van der Waals surface area contributed by atoms with E-state index in [1.807, 2.05) is 4.90 Å². The lowest BCUT2D eigenvalue weighted by Crippen LogP contribution is -2.40. The maximum atomic E-state index is 12.5. The molecule has 0 aliphatic carbocycles. The van der Waals surface area contributed by atoms with Crippen molar-refractivity contribution in [2.75, 3.05) is 31.1 Å². The molecule has 2 aliphatic heterocycles. The van der Waals surface area contributed by atoms with Crippen LogP contribution < -0.4 is 4.90 Å². The van der Waals surface area contributed by atoms with Crippen molar-refractivity contribution in [2.45, 2.75) is 12.6 Å². The van der Waals surface area contributed by atoms with E-state index in [4.69, 9.17) is 9.90 Å². The van der Waals surface area contributed by atoms with Gasteiger partial charge in [-0.1, -0.05) is 0 Å². The van der Waals surface area contributed by atoms with Gasteiger partial charge in [0.15, 0.2) is 0 Å². The Kier molecular flexibility index (Phi) is 6.43. The fourth-order valence-corrected chi connectivity index (χ4v) is 3.57. The highest BCUT2D eigenvalue weighted by Gasteiger charge is 2.40. The molecule has 30 heavy (non-hydrogen) atoms. The molecule has 2 saturated heterocycles. The average Bonchev–Trinajstić information content (AvgIpc) is 3.17. The van der Waals surface area contributed by atoms with Crippen molar-refractivity contribution in [1.29, 1.82) is 0 Å². The summed E-state index contributed by atoms with van der Waals surface area (Å²) in [6.45, 7) is 3.48. The summed E-state index contributed by atoms with van der Waals surface area (Å²) in [6, 6.07) is 0. The molecule has 0 radical (unpaired) electrons. The quantitative estimate of drug-likeness (QED) is 0.772. The molecule has 2 aromatic heterocycles. The number of carboxylic acid groups (broad SMARTS) is 1. The van der Waals surface area contributed by atoms with Crippen LogP contribution in [0.2, 0.25) is 0 Å². The number of carbonyl (C=O) groups excluding carboxylic acids is 1. The number of aliphatic carboxylic acids is 1. The van der Waals surface area contributed by atoms with Gasteiger partial charge in [0.25, 0.3) is 5.91 Å². The van der Waals surface area contributed by atoms with E-state index in [0.29, 0.717) is 17.5 Å². The summed E-state index contributed by atoms with van der Waals surface area (Å²) >= 11 is 0. The maximum Gasteiger partial charge on any atom is 0.490 e. The molecule has 9 nitrogen and oxygen atoms in total. The van der Waals surface area contributed by atoms with E-state index in [0.717, 1.165) is 38.4 Å². The van der Waals surface area contributed by atoms with Crippen LogP contribution in [0.4, 0.5) is 19.0 Å². The van der Waals surface area contributed by atoms with Crippen molar-refractivity contribution in [3.8, 4) is 0 Å². The Morgan fingerprint density at radius 3 is 2.17 bits per heavy atom. The van der Waals surface area contributed by atoms with Crippen LogP contribution in [0.25, 0.3) is 0 Å². The summed E-state index contributed by atoms with van der Waals surface area (Å²) in [5, 5.41) is 7.12. The zero-order valence-corrected chi connectivity index (χ0v) is 15.7. The van der Waals surface area contributed by atoms with Crippen molar-refractivity contribution in [1.82, 2.24) is 24.8 Å². The molecule has 4 heterocycles. The molecule has 0 unspecified atom stereocenters. The van der Waals surface area contributed by atoms with E-state index < -0.39 is 12.1 Å². The third-order valence-corrected chi connectivity index (χ3v) is 4.99. The van der Waals surface area contributed by atoms with E-state index in [1.165, 1.54) is 6.20 Å². The third-order valence-electron chi connectivity index (χ3n) is 4.99. The number of hydrogen-bond donors (Lipinski definition) is 1. The first kappa shape index (κ1) is 21.4. The fourth-order valence-electron chi connectivity index (χ4n) is 3.57. The Balaban J connectivity index is 0.000000318. The first-order valence-electron chi connectivity index (χ1n) is 9.12.